The molecule has 1 aromatic carbocycles. The Morgan fingerprint density at radius 3 is 2.48 bits per heavy atom. The minimum Gasteiger partial charge on any atom is -0.434 e. The molecule has 2 heterocycles. The average molecular weight is 394 g/mol. The molecule has 0 saturated carbocycles. The van der Waals surface area contributed by atoms with Gasteiger partial charge in [0, 0.05) is 6.20 Å². The van der Waals surface area contributed by atoms with Crippen molar-refractivity contribution in [2.75, 3.05) is 5.43 Å². The van der Waals surface area contributed by atoms with Crippen molar-refractivity contribution in [1.82, 2.24) is 20.4 Å². The van der Waals surface area contributed by atoms with Crippen molar-refractivity contribution in [3.8, 4) is 11.6 Å². The fraction of sp³-hybridized carbons (Fsp3) is 0.158. The number of pyridine rings is 1. The van der Waals surface area contributed by atoms with Gasteiger partial charge < -0.3 is 4.74 Å². The van der Waals surface area contributed by atoms with Crippen molar-refractivity contribution in [2.45, 2.75) is 19.8 Å². The lowest BCUT2D eigenvalue weighted by Gasteiger charge is -2.11. The molecule has 0 saturated heterocycles. The number of amides is 1. The lowest BCUT2D eigenvalue weighted by Crippen LogP contribution is -2.30. The molecular formula is C19H18N6O4. The van der Waals surface area contributed by atoms with E-state index in [9.17, 15) is 14.9 Å². The number of nitrogens with zero attached hydrogens (tertiary/aromatic N) is 4. The molecule has 0 aliphatic heterocycles. The van der Waals surface area contributed by atoms with E-state index >= 15 is 0 Å². The second-order valence-corrected chi connectivity index (χ2v) is 6.25. The summed E-state index contributed by atoms with van der Waals surface area (Å²) in [5, 5.41) is 11.6. The standard InChI is InChI=1S/C19H18N6O4/c1-12(2)13-6-8-14(9-7-13)29-19-16(25(27)28)17(21-11-22-19)23-24-18(26)15-5-3-4-10-20-15/h3-12H,1-2H3,(H,24,26)(H,21,22,23). The zero-order valence-corrected chi connectivity index (χ0v) is 15.7. The topological polar surface area (TPSA) is 132 Å². The summed E-state index contributed by atoms with van der Waals surface area (Å²) in [5.74, 6) is -0.319. The number of nitrogens with one attached hydrogen (secondary N) is 2. The first-order chi connectivity index (χ1) is 14.0. The van der Waals surface area contributed by atoms with Gasteiger partial charge in [0.25, 0.3) is 5.91 Å². The molecule has 0 atom stereocenters. The molecule has 0 fully saturated rings. The summed E-state index contributed by atoms with van der Waals surface area (Å²) in [6.45, 7) is 4.12. The van der Waals surface area contributed by atoms with Gasteiger partial charge in [0.15, 0.2) is 0 Å². The maximum absolute atomic E-state index is 12.1. The zero-order chi connectivity index (χ0) is 20.8. The van der Waals surface area contributed by atoms with Crippen LogP contribution < -0.4 is 15.6 Å². The number of hydrogen-bond acceptors (Lipinski definition) is 8. The van der Waals surface area contributed by atoms with E-state index in [0.29, 0.717) is 11.7 Å². The van der Waals surface area contributed by atoms with E-state index in [-0.39, 0.29) is 17.4 Å². The van der Waals surface area contributed by atoms with Crippen LogP contribution in [0.15, 0.2) is 55.0 Å². The Hall–Kier alpha value is -4.08. The van der Waals surface area contributed by atoms with Crippen LogP contribution in [0.25, 0.3) is 0 Å². The van der Waals surface area contributed by atoms with Crippen LogP contribution in [0.5, 0.6) is 11.6 Å². The molecule has 148 valence electrons. The number of carbonyl (C=O) groups excluding carboxylic acids is 1. The second-order valence-electron chi connectivity index (χ2n) is 6.25. The molecule has 0 bridgehead atoms. The highest BCUT2D eigenvalue weighted by Gasteiger charge is 2.25. The van der Waals surface area contributed by atoms with Crippen molar-refractivity contribution >= 4 is 17.4 Å². The maximum atomic E-state index is 12.1. The number of aromatic nitrogens is 3. The number of hydrazine groups is 1. The summed E-state index contributed by atoms with van der Waals surface area (Å²) < 4.78 is 5.58. The van der Waals surface area contributed by atoms with E-state index < -0.39 is 16.5 Å². The quantitative estimate of drug-likeness (QED) is 0.460. The fourth-order valence-corrected chi connectivity index (χ4v) is 2.40. The van der Waals surface area contributed by atoms with Gasteiger partial charge in [-0.1, -0.05) is 32.0 Å². The Balaban J connectivity index is 1.80. The minimum atomic E-state index is -0.687. The minimum absolute atomic E-state index is 0.137. The molecule has 0 aliphatic rings. The molecule has 0 radical (unpaired) electrons. The van der Waals surface area contributed by atoms with Crippen molar-refractivity contribution in [3.05, 3.63) is 76.4 Å². The first-order valence-corrected chi connectivity index (χ1v) is 8.70. The van der Waals surface area contributed by atoms with Crippen molar-refractivity contribution < 1.29 is 14.5 Å². The Morgan fingerprint density at radius 2 is 1.86 bits per heavy atom. The first-order valence-electron chi connectivity index (χ1n) is 8.70. The number of nitro groups is 1. The van der Waals surface area contributed by atoms with Gasteiger partial charge in [0.1, 0.15) is 17.8 Å². The third kappa shape index (κ3) is 4.80. The summed E-state index contributed by atoms with van der Waals surface area (Å²) in [6, 6.07) is 12.0. The predicted molar refractivity (Wildman–Crippen MR) is 105 cm³/mol. The van der Waals surface area contributed by atoms with Crippen molar-refractivity contribution in [1.29, 1.82) is 0 Å². The van der Waals surface area contributed by atoms with E-state index in [1.165, 1.54) is 12.3 Å². The Labute approximate surface area is 166 Å². The number of hydrogen-bond donors (Lipinski definition) is 2. The molecule has 0 spiro atoms. The molecule has 3 aromatic rings. The van der Waals surface area contributed by atoms with Gasteiger partial charge in [-0.3, -0.25) is 30.7 Å². The van der Waals surface area contributed by atoms with Gasteiger partial charge in [-0.25, -0.2) is 4.98 Å². The van der Waals surface area contributed by atoms with Gasteiger partial charge >= 0.3 is 11.6 Å². The molecule has 0 aliphatic carbocycles. The summed E-state index contributed by atoms with van der Waals surface area (Å²) in [7, 11) is 0. The van der Waals surface area contributed by atoms with Gasteiger partial charge in [0.2, 0.25) is 5.82 Å². The molecular weight excluding hydrogens is 376 g/mol. The van der Waals surface area contributed by atoms with Crippen LogP contribution in [-0.4, -0.2) is 25.8 Å². The van der Waals surface area contributed by atoms with Crippen LogP contribution in [-0.2, 0) is 0 Å². The van der Waals surface area contributed by atoms with Crippen LogP contribution in [0.1, 0.15) is 35.8 Å². The molecule has 3 rings (SSSR count). The van der Waals surface area contributed by atoms with Gasteiger partial charge in [-0.2, -0.15) is 4.98 Å². The van der Waals surface area contributed by atoms with Crippen LogP contribution >= 0.6 is 0 Å². The number of benzene rings is 1. The van der Waals surface area contributed by atoms with Crippen LogP contribution in [0.2, 0.25) is 0 Å². The Bertz CT molecular complexity index is 1010. The average Bonchev–Trinajstić information content (AvgIpc) is 2.73. The van der Waals surface area contributed by atoms with Crippen LogP contribution in [0.4, 0.5) is 11.5 Å². The zero-order valence-electron chi connectivity index (χ0n) is 15.7. The van der Waals surface area contributed by atoms with E-state index in [2.05, 4.69) is 39.7 Å². The van der Waals surface area contributed by atoms with E-state index in [1.54, 1.807) is 24.3 Å². The molecule has 29 heavy (non-hydrogen) atoms. The molecule has 10 heteroatoms. The summed E-state index contributed by atoms with van der Waals surface area (Å²) in [5.41, 5.74) is 5.48. The lowest BCUT2D eigenvalue weighted by molar-refractivity contribution is -0.385. The highest BCUT2D eigenvalue weighted by molar-refractivity contribution is 5.93. The van der Waals surface area contributed by atoms with E-state index in [1.807, 2.05) is 12.1 Å². The largest absolute Gasteiger partial charge is 0.434 e. The third-order valence-corrected chi connectivity index (χ3v) is 3.92. The molecule has 10 nitrogen and oxygen atoms in total. The number of rotatable bonds is 7. The van der Waals surface area contributed by atoms with Crippen molar-refractivity contribution in [3.63, 3.8) is 0 Å². The third-order valence-electron chi connectivity index (χ3n) is 3.92. The second kappa shape index (κ2) is 8.74. The monoisotopic (exact) mass is 394 g/mol. The SMILES string of the molecule is CC(C)c1ccc(Oc2ncnc(NNC(=O)c3ccccn3)c2[N+](=O)[O-])cc1. The number of ether oxygens (including phenoxy) is 1. The Kier molecular flexibility index (Phi) is 5.93. The van der Waals surface area contributed by atoms with Gasteiger partial charge in [-0.05, 0) is 35.7 Å². The van der Waals surface area contributed by atoms with Gasteiger partial charge in [0.05, 0.1) is 4.92 Å². The van der Waals surface area contributed by atoms with E-state index in [4.69, 9.17) is 4.74 Å². The highest BCUT2D eigenvalue weighted by atomic mass is 16.6. The van der Waals surface area contributed by atoms with Crippen LogP contribution in [0, 0.1) is 10.1 Å². The molecule has 1 amide bonds. The summed E-state index contributed by atoms with van der Waals surface area (Å²) in [4.78, 5) is 34.5. The normalized spacial score (nSPS) is 10.4. The van der Waals surface area contributed by atoms with E-state index in [0.717, 1.165) is 11.9 Å². The smallest absolute Gasteiger partial charge is 0.374 e. The predicted octanol–water partition coefficient (Wildman–Crippen LogP) is 3.45. The molecule has 0 unspecified atom stereocenters. The van der Waals surface area contributed by atoms with Crippen LogP contribution in [0.3, 0.4) is 0 Å². The molecule has 2 aromatic heterocycles. The fourth-order valence-electron chi connectivity index (χ4n) is 2.40. The van der Waals surface area contributed by atoms with Gasteiger partial charge in [-0.15, -0.1) is 0 Å². The summed E-state index contributed by atoms with van der Waals surface area (Å²) in [6.07, 6.45) is 2.55. The Morgan fingerprint density at radius 1 is 1.10 bits per heavy atom. The lowest BCUT2D eigenvalue weighted by atomic mass is 10.0. The van der Waals surface area contributed by atoms with Crippen molar-refractivity contribution in [2.24, 2.45) is 0 Å². The first kappa shape index (κ1) is 19.7. The number of carbonyl (C=O) groups is 1. The highest BCUT2D eigenvalue weighted by Crippen LogP contribution is 2.34. The number of anilines is 1. The maximum Gasteiger partial charge on any atom is 0.374 e. The summed E-state index contributed by atoms with van der Waals surface area (Å²) >= 11 is 0. The molecule has 2 N–H and O–H groups in total.